The van der Waals surface area contributed by atoms with Crippen LogP contribution in [0, 0.1) is 5.92 Å². The maximum atomic E-state index is 12.5. The van der Waals surface area contributed by atoms with E-state index in [1.54, 1.807) is 23.1 Å². The Labute approximate surface area is 127 Å². The quantitative estimate of drug-likeness (QED) is 0.853. The van der Waals surface area contributed by atoms with Crippen molar-refractivity contribution in [2.24, 2.45) is 11.7 Å². The van der Waals surface area contributed by atoms with E-state index in [1.807, 2.05) is 0 Å². The van der Waals surface area contributed by atoms with Crippen molar-refractivity contribution in [3.05, 3.63) is 33.8 Å². The summed E-state index contributed by atoms with van der Waals surface area (Å²) in [5, 5.41) is 0.741. The molecule has 0 spiro atoms. The second kappa shape index (κ2) is 6.07. The molecule has 19 heavy (non-hydrogen) atoms. The number of benzene rings is 1. The van der Waals surface area contributed by atoms with Gasteiger partial charge < -0.3 is 10.6 Å². The Hall–Kier alpha value is -0.840. The van der Waals surface area contributed by atoms with Crippen molar-refractivity contribution in [1.29, 1.82) is 0 Å². The highest BCUT2D eigenvalue weighted by molar-refractivity contribution is 7.80. The third-order valence-electron chi connectivity index (χ3n) is 3.29. The number of hydrogen-bond acceptors (Lipinski definition) is 2. The first-order valence-electron chi connectivity index (χ1n) is 6.03. The number of carbonyl (C=O) groups is 1. The van der Waals surface area contributed by atoms with Gasteiger partial charge in [-0.05, 0) is 25.0 Å². The first kappa shape index (κ1) is 14.6. The summed E-state index contributed by atoms with van der Waals surface area (Å²) in [6, 6.07) is 5.04. The Bertz CT molecular complexity index is 501. The van der Waals surface area contributed by atoms with Gasteiger partial charge >= 0.3 is 0 Å². The van der Waals surface area contributed by atoms with Gasteiger partial charge in [0, 0.05) is 19.0 Å². The zero-order valence-electron chi connectivity index (χ0n) is 10.2. The Morgan fingerprint density at radius 2 is 2.00 bits per heavy atom. The van der Waals surface area contributed by atoms with E-state index in [2.05, 4.69) is 0 Å². The second-order valence-electron chi connectivity index (χ2n) is 4.59. The summed E-state index contributed by atoms with van der Waals surface area (Å²) >= 11 is 17.1. The lowest BCUT2D eigenvalue weighted by Gasteiger charge is -2.32. The maximum absolute atomic E-state index is 12.5. The summed E-state index contributed by atoms with van der Waals surface area (Å²) in [7, 11) is 0. The van der Waals surface area contributed by atoms with Crippen molar-refractivity contribution in [3.63, 3.8) is 0 Å². The van der Waals surface area contributed by atoms with Crippen LogP contribution >= 0.6 is 35.4 Å². The summed E-state index contributed by atoms with van der Waals surface area (Å²) in [6.45, 7) is 1.22. The van der Waals surface area contributed by atoms with Gasteiger partial charge in [-0.15, -0.1) is 0 Å². The molecule has 6 heteroatoms. The summed E-state index contributed by atoms with van der Waals surface area (Å²) in [5.74, 6) is -0.0782. The molecule has 1 fully saturated rings. The van der Waals surface area contributed by atoms with Gasteiger partial charge in [-0.2, -0.15) is 0 Å². The van der Waals surface area contributed by atoms with Gasteiger partial charge in [0.2, 0.25) is 0 Å². The lowest BCUT2D eigenvalue weighted by Crippen LogP contribution is -2.43. The number of nitrogens with zero attached hydrogens (tertiary/aromatic N) is 1. The predicted molar refractivity (Wildman–Crippen MR) is 81.9 cm³/mol. The minimum Gasteiger partial charge on any atom is -0.393 e. The molecule has 0 saturated carbocycles. The largest absolute Gasteiger partial charge is 0.393 e. The maximum Gasteiger partial charge on any atom is 0.256 e. The van der Waals surface area contributed by atoms with Crippen LogP contribution in [-0.2, 0) is 0 Å². The monoisotopic (exact) mass is 316 g/mol. The van der Waals surface area contributed by atoms with Crippen molar-refractivity contribution in [2.45, 2.75) is 12.8 Å². The van der Waals surface area contributed by atoms with Gasteiger partial charge in [-0.3, -0.25) is 4.79 Å². The number of carbonyl (C=O) groups excluding carboxylic acids is 1. The number of amides is 1. The molecule has 1 atom stereocenters. The van der Waals surface area contributed by atoms with Crippen molar-refractivity contribution >= 4 is 46.3 Å². The molecule has 0 aliphatic carbocycles. The van der Waals surface area contributed by atoms with Crippen LogP contribution in [0.25, 0.3) is 0 Å². The Morgan fingerprint density at radius 3 is 2.58 bits per heavy atom. The van der Waals surface area contributed by atoms with E-state index in [4.69, 9.17) is 41.2 Å². The fourth-order valence-corrected chi connectivity index (χ4v) is 3.01. The number of rotatable bonds is 2. The smallest absolute Gasteiger partial charge is 0.256 e. The number of nitrogens with two attached hydrogens (primary N) is 1. The predicted octanol–water partition coefficient (Wildman–Crippen LogP) is 3.13. The first-order chi connectivity index (χ1) is 9.00. The van der Waals surface area contributed by atoms with E-state index in [9.17, 15) is 4.79 Å². The molecule has 2 N–H and O–H groups in total. The molecule has 1 unspecified atom stereocenters. The van der Waals surface area contributed by atoms with E-state index in [-0.39, 0.29) is 11.8 Å². The van der Waals surface area contributed by atoms with Crippen LogP contribution in [0.3, 0.4) is 0 Å². The zero-order valence-corrected chi connectivity index (χ0v) is 12.6. The van der Waals surface area contributed by atoms with Crippen LogP contribution in [-0.4, -0.2) is 28.9 Å². The first-order valence-corrected chi connectivity index (χ1v) is 7.19. The van der Waals surface area contributed by atoms with Crippen molar-refractivity contribution < 1.29 is 4.79 Å². The number of hydrogen-bond donors (Lipinski definition) is 1. The molecule has 1 aliphatic rings. The lowest BCUT2D eigenvalue weighted by atomic mass is 9.97. The molecule has 1 heterocycles. The van der Waals surface area contributed by atoms with E-state index in [0.29, 0.717) is 33.7 Å². The molecule has 1 aromatic rings. The van der Waals surface area contributed by atoms with Crippen LogP contribution in [0.1, 0.15) is 23.2 Å². The van der Waals surface area contributed by atoms with E-state index in [1.165, 1.54) is 0 Å². The van der Waals surface area contributed by atoms with E-state index in [0.717, 1.165) is 12.8 Å². The molecule has 102 valence electrons. The molecule has 0 aromatic heterocycles. The van der Waals surface area contributed by atoms with Crippen LogP contribution in [0.15, 0.2) is 18.2 Å². The SMILES string of the molecule is NC(=S)C1CCCN(C(=O)c2c(Cl)cccc2Cl)C1. The van der Waals surface area contributed by atoms with Gasteiger partial charge in [0.05, 0.1) is 20.6 Å². The molecule has 1 aromatic carbocycles. The van der Waals surface area contributed by atoms with Crippen LogP contribution < -0.4 is 5.73 Å². The standard InChI is InChI=1S/C13H14Cl2N2OS/c14-9-4-1-5-10(15)11(9)13(18)17-6-2-3-8(7-17)12(16)19/h1,4-5,8H,2-3,6-7H2,(H2,16,19). The number of thiocarbonyl (C=S) groups is 1. The van der Waals surface area contributed by atoms with Gasteiger partial charge in [-0.1, -0.05) is 41.5 Å². The molecule has 0 radical (unpaired) electrons. The summed E-state index contributed by atoms with van der Waals surface area (Å²) in [5.41, 5.74) is 6.03. The average molecular weight is 317 g/mol. The Balaban J connectivity index is 2.22. The summed E-state index contributed by atoms with van der Waals surface area (Å²) < 4.78 is 0. The highest BCUT2D eigenvalue weighted by atomic mass is 35.5. The van der Waals surface area contributed by atoms with Gasteiger partial charge in [0.1, 0.15) is 0 Å². The van der Waals surface area contributed by atoms with Crippen LogP contribution in [0.5, 0.6) is 0 Å². The molecule has 0 bridgehead atoms. The average Bonchev–Trinajstić information content (AvgIpc) is 2.38. The zero-order chi connectivity index (χ0) is 14.0. The molecule has 2 rings (SSSR count). The highest BCUT2D eigenvalue weighted by Crippen LogP contribution is 2.27. The minimum absolute atomic E-state index is 0.0777. The molecule has 1 aliphatic heterocycles. The van der Waals surface area contributed by atoms with Crippen molar-refractivity contribution in [2.75, 3.05) is 13.1 Å². The van der Waals surface area contributed by atoms with E-state index >= 15 is 0 Å². The van der Waals surface area contributed by atoms with E-state index < -0.39 is 0 Å². The molecule has 1 amide bonds. The Kier molecular flexibility index (Phi) is 4.66. The van der Waals surface area contributed by atoms with Gasteiger partial charge in [0.25, 0.3) is 5.91 Å². The normalized spacial score (nSPS) is 19.3. The van der Waals surface area contributed by atoms with Gasteiger partial charge in [-0.25, -0.2) is 0 Å². The summed E-state index contributed by atoms with van der Waals surface area (Å²) in [4.78, 5) is 14.7. The number of piperidine rings is 1. The third kappa shape index (κ3) is 3.19. The fraction of sp³-hybridized carbons (Fsp3) is 0.385. The highest BCUT2D eigenvalue weighted by Gasteiger charge is 2.28. The minimum atomic E-state index is -0.156. The molecular weight excluding hydrogens is 303 g/mol. The second-order valence-corrected chi connectivity index (χ2v) is 5.88. The van der Waals surface area contributed by atoms with Crippen LogP contribution in [0.4, 0.5) is 0 Å². The van der Waals surface area contributed by atoms with Crippen molar-refractivity contribution in [1.82, 2.24) is 4.90 Å². The topological polar surface area (TPSA) is 46.3 Å². The number of halogens is 2. The van der Waals surface area contributed by atoms with Crippen molar-refractivity contribution in [3.8, 4) is 0 Å². The summed E-state index contributed by atoms with van der Waals surface area (Å²) in [6.07, 6.45) is 1.81. The lowest BCUT2D eigenvalue weighted by molar-refractivity contribution is 0.0704. The number of likely N-dealkylation sites (tertiary alicyclic amines) is 1. The van der Waals surface area contributed by atoms with Gasteiger partial charge in [0.15, 0.2) is 0 Å². The Morgan fingerprint density at radius 1 is 1.37 bits per heavy atom. The fourth-order valence-electron chi connectivity index (χ4n) is 2.25. The molecule has 1 saturated heterocycles. The molecule has 3 nitrogen and oxygen atoms in total. The third-order valence-corrected chi connectivity index (χ3v) is 4.25. The van der Waals surface area contributed by atoms with Crippen LogP contribution in [0.2, 0.25) is 10.0 Å². The molecular formula is C13H14Cl2N2OS.